The van der Waals surface area contributed by atoms with Gasteiger partial charge in [-0.3, -0.25) is 4.79 Å². The molecule has 3 nitrogen and oxygen atoms in total. The molecule has 0 saturated carbocycles. The van der Waals surface area contributed by atoms with Crippen molar-refractivity contribution in [3.63, 3.8) is 0 Å². The summed E-state index contributed by atoms with van der Waals surface area (Å²) < 4.78 is 5.13. The molecule has 0 aliphatic carbocycles. The summed E-state index contributed by atoms with van der Waals surface area (Å²) in [6.45, 7) is 10.5. The van der Waals surface area contributed by atoms with Crippen LogP contribution in [0.15, 0.2) is 0 Å². The fraction of sp³-hybridized carbons (Fsp3) is 0.909. The van der Waals surface area contributed by atoms with Gasteiger partial charge in [0.1, 0.15) is 0 Å². The Morgan fingerprint density at radius 2 is 1.93 bits per heavy atom. The molecular weight excluding hydrogens is 178 g/mol. The molecule has 0 heterocycles. The number of carbonyl (C=O) groups excluding carboxylic acids is 1. The molecule has 0 saturated heterocycles. The number of carbonyl (C=O) groups is 1. The first kappa shape index (κ1) is 13.4. The predicted octanol–water partition coefficient (Wildman–Crippen LogP) is 2.07. The lowest BCUT2D eigenvalue weighted by Crippen LogP contribution is -2.54. The first-order valence-electron chi connectivity index (χ1n) is 5.14. The van der Waals surface area contributed by atoms with Gasteiger partial charge in [-0.2, -0.15) is 0 Å². The van der Waals surface area contributed by atoms with Gasteiger partial charge in [-0.05, 0) is 12.8 Å². The van der Waals surface area contributed by atoms with Gasteiger partial charge in [0.15, 0.2) is 0 Å². The Morgan fingerprint density at radius 1 is 1.43 bits per heavy atom. The zero-order valence-electron chi connectivity index (χ0n) is 10.2. The average molecular weight is 203 g/mol. The molecule has 0 fully saturated rings. The van der Waals surface area contributed by atoms with Crippen LogP contribution in [0, 0.1) is 11.8 Å². The molecule has 3 heteroatoms. The second-order valence-electron chi connectivity index (χ2n) is 4.65. The third kappa shape index (κ3) is 3.66. The molecule has 0 aliphatic rings. The van der Waals surface area contributed by atoms with E-state index in [2.05, 4.69) is 19.2 Å². The van der Waals surface area contributed by atoms with E-state index in [1.54, 1.807) is 7.11 Å². The second kappa shape index (κ2) is 5.35. The van der Waals surface area contributed by atoms with E-state index < -0.39 is 0 Å². The summed E-state index contributed by atoms with van der Waals surface area (Å²) in [6.07, 6.45) is 0. The van der Waals surface area contributed by atoms with Crippen LogP contribution in [0.1, 0.15) is 36.0 Å². The molecule has 1 amide bonds. The smallest absolute Gasteiger partial charge is 0.223 e. The van der Waals surface area contributed by atoms with Crippen molar-refractivity contribution in [2.75, 3.05) is 13.7 Å². The number of hydrogen-bond acceptors (Lipinski definition) is 2. The highest BCUT2D eigenvalue weighted by Crippen LogP contribution is 2.17. The second-order valence-corrected chi connectivity index (χ2v) is 4.65. The third-order valence-electron chi connectivity index (χ3n) is 2.65. The van der Waals surface area contributed by atoms with Crippen LogP contribution in [0.5, 0.6) is 0 Å². The van der Waals surface area contributed by atoms with E-state index >= 15 is 0 Å². The molecule has 0 aromatic rings. The van der Waals surface area contributed by atoms with Gasteiger partial charge < -0.3 is 10.1 Å². The lowest BCUT2D eigenvalue weighted by atomic mass is 9.88. The Balaban J connectivity index is 0. The highest BCUT2D eigenvalue weighted by molar-refractivity contribution is 5.78. The summed E-state index contributed by atoms with van der Waals surface area (Å²) in [6, 6.07) is 0. The standard InChI is InChI=1S/C11H23NO2.H2/c1-8(2)10(13)12-11(5,7-14-6)9(3)4;/h8-9H,7H2,1-6H3,(H,12,13);1H/t11-;/m0./s1. The number of rotatable bonds is 5. The molecule has 14 heavy (non-hydrogen) atoms. The van der Waals surface area contributed by atoms with E-state index in [0.29, 0.717) is 12.5 Å². The van der Waals surface area contributed by atoms with Crippen LogP contribution in [0.3, 0.4) is 0 Å². The summed E-state index contributed by atoms with van der Waals surface area (Å²) in [4.78, 5) is 11.6. The predicted molar refractivity (Wildman–Crippen MR) is 60.2 cm³/mol. The van der Waals surface area contributed by atoms with Crippen molar-refractivity contribution < 1.29 is 11.0 Å². The molecule has 0 bridgehead atoms. The summed E-state index contributed by atoms with van der Waals surface area (Å²) in [7, 11) is 1.65. The van der Waals surface area contributed by atoms with Crippen molar-refractivity contribution in [2.24, 2.45) is 11.8 Å². The number of hydrogen-bond donors (Lipinski definition) is 1. The van der Waals surface area contributed by atoms with Crippen molar-refractivity contribution in [2.45, 2.75) is 40.2 Å². The van der Waals surface area contributed by atoms with Crippen molar-refractivity contribution in [3.8, 4) is 0 Å². The largest absolute Gasteiger partial charge is 0.382 e. The molecule has 0 aromatic heterocycles. The maximum absolute atomic E-state index is 11.6. The number of amides is 1. The minimum atomic E-state index is -0.268. The fourth-order valence-corrected chi connectivity index (χ4v) is 1.07. The van der Waals surface area contributed by atoms with Crippen LogP contribution in [0.4, 0.5) is 0 Å². The highest BCUT2D eigenvalue weighted by atomic mass is 16.5. The number of ether oxygens (including phenoxy) is 1. The Morgan fingerprint density at radius 3 is 2.21 bits per heavy atom. The maximum atomic E-state index is 11.6. The van der Waals surface area contributed by atoms with Crippen molar-refractivity contribution in [1.29, 1.82) is 0 Å². The molecular formula is C11H25NO2. The van der Waals surface area contributed by atoms with E-state index in [-0.39, 0.29) is 18.8 Å². The third-order valence-corrected chi connectivity index (χ3v) is 2.65. The minimum absolute atomic E-state index is 0. The Bertz CT molecular complexity index is 195. The van der Waals surface area contributed by atoms with Gasteiger partial charge in [-0.25, -0.2) is 0 Å². The molecule has 0 spiro atoms. The van der Waals surface area contributed by atoms with Gasteiger partial charge in [-0.1, -0.05) is 27.7 Å². The number of methoxy groups -OCH3 is 1. The average Bonchev–Trinajstić information content (AvgIpc) is 2.03. The summed E-state index contributed by atoms with van der Waals surface area (Å²) in [5, 5.41) is 3.03. The van der Waals surface area contributed by atoms with Crippen molar-refractivity contribution in [1.82, 2.24) is 5.32 Å². The van der Waals surface area contributed by atoms with Gasteiger partial charge in [0, 0.05) is 14.5 Å². The van der Waals surface area contributed by atoms with Crippen LogP contribution in [0.25, 0.3) is 0 Å². The molecule has 0 aliphatic heterocycles. The maximum Gasteiger partial charge on any atom is 0.223 e. The zero-order valence-corrected chi connectivity index (χ0v) is 10.2. The van der Waals surface area contributed by atoms with Gasteiger partial charge >= 0.3 is 0 Å². The Hall–Kier alpha value is -0.570. The van der Waals surface area contributed by atoms with Crippen LogP contribution >= 0.6 is 0 Å². The van der Waals surface area contributed by atoms with Gasteiger partial charge in [0.05, 0.1) is 12.1 Å². The van der Waals surface area contributed by atoms with Crippen LogP contribution in [-0.4, -0.2) is 25.2 Å². The first-order valence-corrected chi connectivity index (χ1v) is 5.14. The minimum Gasteiger partial charge on any atom is -0.382 e. The fourth-order valence-electron chi connectivity index (χ4n) is 1.07. The van der Waals surface area contributed by atoms with E-state index in [1.165, 1.54) is 0 Å². The Labute approximate surface area is 88.7 Å². The van der Waals surface area contributed by atoms with Crippen molar-refractivity contribution in [3.05, 3.63) is 0 Å². The molecule has 1 N–H and O–H groups in total. The first-order chi connectivity index (χ1) is 6.33. The molecule has 0 unspecified atom stereocenters. The van der Waals surface area contributed by atoms with Crippen LogP contribution in [-0.2, 0) is 9.53 Å². The van der Waals surface area contributed by atoms with Gasteiger partial charge in [0.2, 0.25) is 5.91 Å². The lowest BCUT2D eigenvalue weighted by molar-refractivity contribution is -0.127. The molecule has 0 radical (unpaired) electrons. The van der Waals surface area contributed by atoms with E-state index in [0.717, 1.165) is 0 Å². The Kier molecular flexibility index (Phi) is 5.13. The molecule has 0 aromatic carbocycles. The lowest BCUT2D eigenvalue weighted by Gasteiger charge is -2.34. The summed E-state index contributed by atoms with van der Waals surface area (Å²) in [5.41, 5.74) is -0.268. The number of nitrogens with one attached hydrogen (secondary N) is 1. The molecule has 86 valence electrons. The summed E-state index contributed by atoms with van der Waals surface area (Å²) >= 11 is 0. The van der Waals surface area contributed by atoms with Gasteiger partial charge in [0.25, 0.3) is 0 Å². The van der Waals surface area contributed by atoms with Crippen LogP contribution < -0.4 is 5.32 Å². The van der Waals surface area contributed by atoms with E-state index in [9.17, 15) is 4.79 Å². The van der Waals surface area contributed by atoms with E-state index in [4.69, 9.17) is 4.74 Å². The van der Waals surface area contributed by atoms with Gasteiger partial charge in [-0.15, -0.1) is 0 Å². The zero-order chi connectivity index (χ0) is 11.4. The normalized spacial score (nSPS) is 15.7. The van der Waals surface area contributed by atoms with Crippen LogP contribution in [0.2, 0.25) is 0 Å². The topological polar surface area (TPSA) is 38.3 Å². The summed E-state index contributed by atoms with van der Waals surface area (Å²) in [5.74, 6) is 0.452. The monoisotopic (exact) mass is 203 g/mol. The quantitative estimate of drug-likeness (QED) is 0.743. The highest BCUT2D eigenvalue weighted by Gasteiger charge is 2.30. The van der Waals surface area contributed by atoms with E-state index in [1.807, 2.05) is 20.8 Å². The SMILES string of the molecule is COC[C@](C)(NC(=O)C(C)C)C(C)C.[HH]. The van der Waals surface area contributed by atoms with Crippen molar-refractivity contribution >= 4 is 5.91 Å². The molecule has 1 atom stereocenters. The molecule has 0 rings (SSSR count).